The zero-order valence-electron chi connectivity index (χ0n) is 17.5. The van der Waals surface area contributed by atoms with Gasteiger partial charge in [-0.1, -0.05) is 58.4 Å². The second-order valence-corrected chi connectivity index (χ2v) is 8.34. The normalized spacial score (nSPS) is 17.6. The summed E-state index contributed by atoms with van der Waals surface area (Å²) in [6.07, 6.45) is 0. The van der Waals surface area contributed by atoms with E-state index in [0.717, 1.165) is 15.6 Å². The predicted octanol–water partition coefficient (Wildman–Crippen LogP) is 5.47. The van der Waals surface area contributed by atoms with Gasteiger partial charge in [-0.25, -0.2) is 0 Å². The molecule has 1 aliphatic rings. The summed E-state index contributed by atoms with van der Waals surface area (Å²) in [5.74, 6) is -0.859. The van der Waals surface area contributed by atoms with Crippen LogP contribution in [0.4, 0.5) is 0 Å². The Balaban J connectivity index is 1.81. The van der Waals surface area contributed by atoms with Crippen molar-refractivity contribution in [1.29, 1.82) is 0 Å². The van der Waals surface area contributed by atoms with Crippen LogP contribution in [-0.4, -0.2) is 28.3 Å². The number of amides is 1. The minimum Gasteiger partial charge on any atom is -0.507 e. The van der Waals surface area contributed by atoms with Gasteiger partial charge >= 0.3 is 0 Å². The van der Waals surface area contributed by atoms with Crippen LogP contribution in [0.5, 0.6) is 5.75 Å². The van der Waals surface area contributed by atoms with E-state index < -0.39 is 17.7 Å². The summed E-state index contributed by atoms with van der Waals surface area (Å²) in [5, 5.41) is 11.1. The first-order chi connectivity index (χ1) is 15.5. The van der Waals surface area contributed by atoms with E-state index in [-0.39, 0.29) is 17.9 Å². The number of aliphatic hydroxyl groups is 1. The molecule has 1 atom stereocenters. The van der Waals surface area contributed by atoms with Gasteiger partial charge in [0.05, 0.1) is 18.2 Å². The molecule has 1 aliphatic heterocycles. The highest BCUT2D eigenvalue weighted by molar-refractivity contribution is 9.10. The van der Waals surface area contributed by atoms with E-state index >= 15 is 0 Å². The Kier molecular flexibility index (Phi) is 6.42. The number of ketones is 1. The fourth-order valence-corrected chi connectivity index (χ4v) is 4.11. The molecule has 0 spiro atoms. The average Bonchev–Trinajstić information content (AvgIpc) is 3.05. The fraction of sp³-hybridized carbons (Fsp3) is 0.154. The van der Waals surface area contributed by atoms with Crippen molar-refractivity contribution in [3.8, 4) is 5.75 Å². The lowest BCUT2D eigenvalue weighted by molar-refractivity contribution is -0.140. The van der Waals surface area contributed by atoms with Crippen LogP contribution in [0, 0.1) is 0 Å². The Morgan fingerprint density at radius 2 is 1.62 bits per heavy atom. The summed E-state index contributed by atoms with van der Waals surface area (Å²) in [6, 6.07) is 23.0. The molecule has 6 heteroatoms. The number of hydrogen-bond acceptors (Lipinski definition) is 4. The first kappa shape index (κ1) is 21.8. The van der Waals surface area contributed by atoms with Gasteiger partial charge in [-0.2, -0.15) is 0 Å². The fourth-order valence-electron chi connectivity index (χ4n) is 3.85. The van der Waals surface area contributed by atoms with Crippen LogP contribution < -0.4 is 4.74 Å². The molecule has 1 fully saturated rings. The highest BCUT2D eigenvalue weighted by atomic mass is 79.9. The van der Waals surface area contributed by atoms with Crippen LogP contribution >= 0.6 is 15.9 Å². The Hall–Kier alpha value is -3.38. The Labute approximate surface area is 195 Å². The van der Waals surface area contributed by atoms with Crippen molar-refractivity contribution in [1.82, 2.24) is 4.90 Å². The first-order valence-electron chi connectivity index (χ1n) is 10.3. The highest BCUT2D eigenvalue weighted by Crippen LogP contribution is 2.40. The van der Waals surface area contributed by atoms with E-state index in [0.29, 0.717) is 17.9 Å². The second kappa shape index (κ2) is 9.40. The van der Waals surface area contributed by atoms with E-state index in [9.17, 15) is 14.7 Å². The number of ether oxygens (including phenoxy) is 1. The van der Waals surface area contributed by atoms with Gasteiger partial charge in [0.25, 0.3) is 11.7 Å². The number of hydrogen-bond donors (Lipinski definition) is 1. The van der Waals surface area contributed by atoms with Gasteiger partial charge in [0.15, 0.2) is 0 Å². The largest absolute Gasteiger partial charge is 0.507 e. The van der Waals surface area contributed by atoms with E-state index in [1.807, 2.05) is 61.5 Å². The predicted molar refractivity (Wildman–Crippen MR) is 126 cm³/mol. The number of carbonyl (C=O) groups is 2. The van der Waals surface area contributed by atoms with Crippen LogP contribution in [0.25, 0.3) is 5.76 Å². The number of Topliss-reactive ketones (excluding diaryl/α,β-unsaturated/α-hetero) is 1. The molecule has 1 heterocycles. The van der Waals surface area contributed by atoms with Gasteiger partial charge in [-0.3, -0.25) is 9.59 Å². The molecule has 4 rings (SSSR count). The molecule has 0 aromatic heterocycles. The van der Waals surface area contributed by atoms with Gasteiger partial charge < -0.3 is 14.7 Å². The van der Waals surface area contributed by atoms with E-state index in [1.54, 1.807) is 24.3 Å². The standard InChI is InChI=1S/C26H22BrNO4/c1-2-32-21-14-10-19(11-15-21)24(29)22-23(18-8-12-20(27)13-9-18)28(26(31)25(22)30)16-17-6-4-3-5-7-17/h3-15,23,29H,2,16H2,1H3. The van der Waals surface area contributed by atoms with Gasteiger partial charge in [0.1, 0.15) is 11.5 Å². The molecule has 5 nitrogen and oxygen atoms in total. The van der Waals surface area contributed by atoms with Crippen molar-refractivity contribution in [3.05, 3.63) is 106 Å². The number of halogens is 1. The minimum atomic E-state index is -0.699. The molecule has 1 amide bonds. The van der Waals surface area contributed by atoms with Crippen LogP contribution in [-0.2, 0) is 16.1 Å². The molecule has 1 unspecified atom stereocenters. The molecule has 3 aromatic rings. The smallest absolute Gasteiger partial charge is 0.295 e. The molecule has 32 heavy (non-hydrogen) atoms. The zero-order valence-corrected chi connectivity index (χ0v) is 19.1. The SMILES string of the molecule is CCOc1ccc(C(O)=C2C(=O)C(=O)N(Cc3ccccc3)C2c2ccc(Br)cc2)cc1. The monoisotopic (exact) mass is 491 g/mol. The molecule has 1 N–H and O–H groups in total. The third-order valence-electron chi connectivity index (χ3n) is 5.36. The van der Waals surface area contributed by atoms with Crippen LogP contribution in [0.1, 0.15) is 29.7 Å². The van der Waals surface area contributed by atoms with Crippen LogP contribution in [0.3, 0.4) is 0 Å². The molecule has 0 radical (unpaired) electrons. The Morgan fingerprint density at radius 1 is 0.969 bits per heavy atom. The second-order valence-electron chi connectivity index (χ2n) is 7.42. The maximum atomic E-state index is 13.1. The van der Waals surface area contributed by atoms with Crippen molar-refractivity contribution < 1.29 is 19.4 Å². The van der Waals surface area contributed by atoms with Crippen molar-refractivity contribution in [2.24, 2.45) is 0 Å². The molecular weight excluding hydrogens is 470 g/mol. The number of rotatable bonds is 6. The maximum absolute atomic E-state index is 13.1. The summed E-state index contributed by atoms with van der Waals surface area (Å²) in [7, 11) is 0. The molecule has 162 valence electrons. The summed E-state index contributed by atoms with van der Waals surface area (Å²) >= 11 is 3.43. The Morgan fingerprint density at radius 3 is 2.25 bits per heavy atom. The number of carbonyl (C=O) groups excluding carboxylic acids is 2. The number of benzene rings is 3. The molecule has 1 saturated heterocycles. The lowest BCUT2D eigenvalue weighted by Gasteiger charge is -2.25. The third kappa shape index (κ3) is 4.32. The molecule has 0 saturated carbocycles. The third-order valence-corrected chi connectivity index (χ3v) is 5.89. The van der Waals surface area contributed by atoms with E-state index in [1.165, 1.54) is 4.90 Å². The van der Waals surface area contributed by atoms with Crippen molar-refractivity contribution >= 4 is 33.4 Å². The number of nitrogens with zero attached hydrogens (tertiary/aromatic N) is 1. The van der Waals surface area contributed by atoms with Crippen molar-refractivity contribution in [2.75, 3.05) is 6.61 Å². The van der Waals surface area contributed by atoms with E-state index in [2.05, 4.69) is 15.9 Å². The summed E-state index contributed by atoms with van der Waals surface area (Å²) in [6.45, 7) is 2.67. The summed E-state index contributed by atoms with van der Waals surface area (Å²) in [4.78, 5) is 27.7. The number of likely N-dealkylation sites (tertiary alicyclic amines) is 1. The van der Waals surface area contributed by atoms with Crippen LogP contribution in [0.15, 0.2) is 88.9 Å². The first-order valence-corrected chi connectivity index (χ1v) is 11.1. The maximum Gasteiger partial charge on any atom is 0.295 e. The molecular formula is C26H22BrNO4. The van der Waals surface area contributed by atoms with Gasteiger partial charge in [-0.15, -0.1) is 0 Å². The Bertz CT molecular complexity index is 1150. The topological polar surface area (TPSA) is 66.8 Å². The van der Waals surface area contributed by atoms with Crippen molar-refractivity contribution in [3.63, 3.8) is 0 Å². The molecule has 3 aromatic carbocycles. The average molecular weight is 492 g/mol. The van der Waals surface area contributed by atoms with Crippen LogP contribution in [0.2, 0.25) is 0 Å². The van der Waals surface area contributed by atoms with Crippen molar-refractivity contribution in [2.45, 2.75) is 19.5 Å². The molecule has 0 bridgehead atoms. The summed E-state index contributed by atoms with van der Waals surface area (Å²) in [5.41, 5.74) is 2.18. The quantitative estimate of drug-likeness (QED) is 0.282. The molecule has 0 aliphatic carbocycles. The minimum absolute atomic E-state index is 0.0809. The number of aliphatic hydroxyl groups excluding tert-OH is 1. The van der Waals surface area contributed by atoms with Gasteiger partial charge in [0.2, 0.25) is 0 Å². The van der Waals surface area contributed by atoms with Gasteiger partial charge in [0, 0.05) is 16.6 Å². The van der Waals surface area contributed by atoms with Gasteiger partial charge in [-0.05, 0) is 54.4 Å². The van der Waals surface area contributed by atoms with E-state index in [4.69, 9.17) is 4.74 Å². The lowest BCUT2D eigenvalue weighted by Crippen LogP contribution is -2.29. The zero-order chi connectivity index (χ0) is 22.7. The highest BCUT2D eigenvalue weighted by Gasteiger charge is 2.46. The lowest BCUT2D eigenvalue weighted by atomic mass is 9.95. The summed E-state index contributed by atoms with van der Waals surface area (Å²) < 4.78 is 6.34.